The van der Waals surface area contributed by atoms with E-state index in [2.05, 4.69) is 80.3 Å². The molecule has 2 amide bonds. The molecule has 0 bridgehead atoms. The van der Waals surface area contributed by atoms with Crippen molar-refractivity contribution in [1.29, 1.82) is 5.26 Å². The van der Waals surface area contributed by atoms with Gasteiger partial charge in [-0.3, -0.25) is 14.6 Å². The van der Waals surface area contributed by atoms with Crippen LogP contribution in [-0.4, -0.2) is 75.6 Å². The van der Waals surface area contributed by atoms with Crippen LogP contribution in [0.1, 0.15) is 80.4 Å². The first kappa shape index (κ1) is 33.5. The normalized spacial score (nSPS) is 18.8. The largest absolute Gasteiger partial charge is 0.388 e. The van der Waals surface area contributed by atoms with E-state index in [4.69, 9.17) is 5.84 Å². The molecule has 4 aromatic rings. The van der Waals surface area contributed by atoms with Crippen molar-refractivity contribution in [3.05, 3.63) is 118 Å². The van der Waals surface area contributed by atoms with Crippen LogP contribution in [-0.2, 0) is 23.1 Å². The number of tetrazole rings is 1. The summed E-state index contributed by atoms with van der Waals surface area (Å²) in [5.41, 5.74) is 7.39. The van der Waals surface area contributed by atoms with Gasteiger partial charge in [0.05, 0.1) is 18.0 Å². The van der Waals surface area contributed by atoms with Crippen LogP contribution >= 0.6 is 0 Å². The van der Waals surface area contributed by atoms with Gasteiger partial charge in [-0.15, -0.1) is 10.2 Å². The Hall–Kier alpha value is -5.38. The van der Waals surface area contributed by atoms with Crippen LogP contribution in [0, 0.1) is 18.3 Å². The number of carbonyl (C=O) groups excluding carboxylic acids is 2. The fourth-order valence-corrected chi connectivity index (χ4v) is 7.34. The van der Waals surface area contributed by atoms with Gasteiger partial charge in [-0.1, -0.05) is 59.8 Å². The number of nitrogens with two attached hydrogens (primary N) is 1. The number of hydrazine groups is 1. The predicted molar refractivity (Wildman–Crippen MR) is 186 cm³/mol. The molecule has 252 valence electrons. The van der Waals surface area contributed by atoms with E-state index in [1.807, 2.05) is 32.2 Å². The van der Waals surface area contributed by atoms with E-state index in [0.29, 0.717) is 43.6 Å². The maximum absolute atomic E-state index is 13.6. The van der Waals surface area contributed by atoms with E-state index in [1.54, 1.807) is 11.0 Å². The second kappa shape index (κ2) is 14.0. The fraction of sp³-hybridized carbons (Fsp3) is 0.351. The van der Waals surface area contributed by atoms with Gasteiger partial charge in [0.25, 0.3) is 5.91 Å². The van der Waals surface area contributed by atoms with Crippen molar-refractivity contribution >= 4 is 17.5 Å². The number of fused-ring (bicyclic) bond motifs is 2. The first-order valence-corrected chi connectivity index (χ1v) is 16.6. The lowest BCUT2D eigenvalue weighted by atomic mass is 9.67. The third-order valence-corrected chi connectivity index (χ3v) is 9.95. The second-order valence-electron chi connectivity index (χ2n) is 13.0. The first-order valence-electron chi connectivity index (χ1n) is 16.6. The van der Waals surface area contributed by atoms with Crippen molar-refractivity contribution in [2.45, 2.75) is 56.5 Å². The number of nitrogens with one attached hydrogen (secondary N) is 3. The lowest BCUT2D eigenvalue weighted by Crippen LogP contribution is -2.43. The van der Waals surface area contributed by atoms with Crippen LogP contribution in [0.15, 0.2) is 67.2 Å². The standard InChI is InChI=1S/C37H42N10O2/c1-23-7-9-25(10-8-23)33(41-22-34(48)47-17-5-6-30(47)21-38)20-37(36-42-44-45-43-36)31-15-13-26(24(2)40-3)18-27(31)11-12-28-19-29(14-16-32(28)37)35(49)46(4)39/h7-10,13-16,18-19,30,33,40-41H,2,5-6,11-12,17,20,22,39H2,1,3-4H3,(H,42,43,44,45)/t30?,33-,37?/m1/s1. The number of rotatable bonds is 10. The molecule has 2 aliphatic rings. The van der Waals surface area contributed by atoms with Crippen molar-refractivity contribution in [3.8, 4) is 6.07 Å². The summed E-state index contributed by atoms with van der Waals surface area (Å²) in [6.07, 6.45) is 3.25. The number of likely N-dealkylation sites (tertiary alicyclic amines) is 1. The number of aryl methyl sites for hydroxylation is 3. The van der Waals surface area contributed by atoms with Crippen LogP contribution in [0.2, 0.25) is 0 Å². The molecule has 1 aromatic heterocycles. The lowest BCUT2D eigenvalue weighted by Gasteiger charge is -2.37. The number of hydrogen-bond acceptors (Lipinski definition) is 9. The van der Waals surface area contributed by atoms with Gasteiger partial charge in [0.1, 0.15) is 6.04 Å². The van der Waals surface area contributed by atoms with Crippen molar-refractivity contribution in [1.82, 2.24) is 41.2 Å². The molecule has 3 aromatic carbocycles. The number of aromatic nitrogens is 4. The Morgan fingerprint density at radius 1 is 1.12 bits per heavy atom. The molecular formula is C37H42N10O2. The number of benzene rings is 3. The summed E-state index contributed by atoms with van der Waals surface area (Å²) >= 11 is 0. The molecule has 2 heterocycles. The van der Waals surface area contributed by atoms with Gasteiger partial charge in [0.15, 0.2) is 5.82 Å². The van der Waals surface area contributed by atoms with Gasteiger partial charge < -0.3 is 15.5 Å². The van der Waals surface area contributed by atoms with Gasteiger partial charge >= 0.3 is 0 Å². The zero-order chi connectivity index (χ0) is 34.7. The molecular weight excluding hydrogens is 616 g/mol. The quantitative estimate of drug-likeness (QED) is 0.113. The van der Waals surface area contributed by atoms with E-state index in [9.17, 15) is 14.9 Å². The Labute approximate surface area is 286 Å². The Balaban J connectivity index is 1.54. The molecule has 12 heteroatoms. The second-order valence-corrected chi connectivity index (χ2v) is 13.0. The summed E-state index contributed by atoms with van der Waals surface area (Å²) < 4.78 is 0. The third-order valence-electron chi connectivity index (χ3n) is 9.95. The minimum absolute atomic E-state index is 0.0516. The predicted octanol–water partition coefficient (Wildman–Crippen LogP) is 3.31. The summed E-state index contributed by atoms with van der Waals surface area (Å²) in [4.78, 5) is 28.3. The van der Waals surface area contributed by atoms with Crippen molar-refractivity contribution in [2.24, 2.45) is 5.84 Å². The molecule has 49 heavy (non-hydrogen) atoms. The Morgan fingerprint density at radius 2 is 1.80 bits per heavy atom. The zero-order valence-corrected chi connectivity index (χ0v) is 28.2. The number of H-pyrrole nitrogens is 1. The Morgan fingerprint density at radius 3 is 2.41 bits per heavy atom. The molecule has 1 saturated heterocycles. The van der Waals surface area contributed by atoms with Crippen LogP contribution < -0.4 is 16.5 Å². The molecule has 5 N–H and O–H groups in total. The minimum Gasteiger partial charge on any atom is -0.388 e. The molecule has 0 spiro atoms. The molecule has 0 radical (unpaired) electrons. The van der Waals surface area contributed by atoms with E-state index in [-0.39, 0.29) is 24.4 Å². The number of hydrogen-bond donors (Lipinski definition) is 4. The monoisotopic (exact) mass is 658 g/mol. The maximum atomic E-state index is 13.6. The highest BCUT2D eigenvalue weighted by atomic mass is 16.2. The van der Waals surface area contributed by atoms with Crippen molar-refractivity contribution < 1.29 is 9.59 Å². The molecule has 6 rings (SSSR count). The molecule has 3 atom stereocenters. The number of amides is 2. The van der Waals surface area contributed by atoms with Gasteiger partial charge in [0, 0.05) is 37.9 Å². The molecule has 12 nitrogen and oxygen atoms in total. The average Bonchev–Trinajstić information content (AvgIpc) is 3.82. The van der Waals surface area contributed by atoms with E-state index in [0.717, 1.165) is 56.1 Å². The topological polar surface area (TPSA) is 169 Å². The number of aromatic amines is 1. The zero-order valence-electron chi connectivity index (χ0n) is 28.2. The van der Waals surface area contributed by atoms with Gasteiger partial charge in [0.2, 0.25) is 5.91 Å². The molecule has 2 unspecified atom stereocenters. The maximum Gasteiger partial charge on any atom is 0.267 e. The highest BCUT2D eigenvalue weighted by Crippen LogP contribution is 2.49. The minimum atomic E-state index is -0.960. The number of nitriles is 1. The molecule has 1 fully saturated rings. The number of carbonyl (C=O) groups is 2. The first-order chi connectivity index (χ1) is 23.7. The smallest absolute Gasteiger partial charge is 0.267 e. The van der Waals surface area contributed by atoms with Gasteiger partial charge in [-0.2, -0.15) is 10.5 Å². The number of nitrogens with zero attached hydrogens (tertiary/aromatic N) is 6. The van der Waals surface area contributed by atoms with E-state index >= 15 is 0 Å². The lowest BCUT2D eigenvalue weighted by molar-refractivity contribution is -0.130. The summed E-state index contributed by atoms with van der Waals surface area (Å²) in [5.74, 6) is 5.94. The van der Waals surface area contributed by atoms with E-state index < -0.39 is 11.5 Å². The van der Waals surface area contributed by atoms with E-state index in [1.165, 1.54) is 7.05 Å². The highest BCUT2D eigenvalue weighted by molar-refractivity contribution is 5.94. The third kappa shape index (κ3) is 6.42. The summed E-state index contributed by atoms with van der Waals surface area (Å²) in [5, 5.41) is 33.5. The van der Waals surface area contributed by atoms with Gasteiger partial charge in [-0.25, -0.2) is 5.84 Å². The summed E-state index contributed by atoms with van der Waals surface area (Å²) in [7, 11) is 3.38. The van der Waals surface area contributed by atoms with Gasteiger partial charge in [-0.05, 0) is 90.6 Å². The average molecular weight is 659 g/mol. The highest BCUT2D eigenvalue weighted by Gasteiger charge is 2.46. The van der Waals surface area contributed by atoms with Crippen molar-refractivity contribution in [3.63, 3.8) is 0 Å². The van der Waals surface area contributed by atoms with Crippen LogP contribution in [0.25, 0.3) is 5.70 Å². The Kier molecular flexibility index (Phi) is 9.58. The fourth-order valence-electron chi connectivity index (χ4n) is 7.34. The Bertz CT molecular complexity index is 1900. The van der Waals surface area contributed by atoms with Crippen molar-refractivity contribution in [2.75, 3.05) is 27.2 Å². The van der Waals surface area contributed by atoms with Crippen LogP contribution in [0.5, 0.6) is 0 Å². The van der Waals surface area contributed by atoms with Crippen LogP contribution in [0.3, 0.4) is 0 Å². The molecule has 1 aliphatic heterocycles. The SMILES string of the molecule is C=C(NC)c1ccc2c(c1)CCc1cc(C(=O)N(C)N)ccc1C2(C[C@@H](NCC(=O)N1CCCC1C#N)c1ccc(C)cc1)c1nn[nH]n1. The molecule has 1 aliphatic carbocycles. The molecule has 0 saturated carbocycles. The summed E-state index contributed by atoms with van der Waals surface area (Å²) in [6, 6.07) is 21.8. The van der Waals surface area contributed by atoms with Crippen LogP contribution in [0.4, 0.5) is 0 Å². The summed E-state index contributed by atoms with van der Waals surface area (Å²) in [6.45, 7) is 6.86.